The SMILES string of the molecule is CCCCCCCCc1cccc(OC(C)CCOC(=O)C(C)[N+](C)(C)Cc2ccccc2)c1. The number of benzene rings is 2. The number of unbranched alkanes of at least 4 members (excludes halogenated alkanes) is 5. The van der Waals surface area contributed by atoms with E-state index in [0.717, 1.165) is 18.7 Å². The topological polar surface area (TPSA) is 35.5 Å². The van der Waals surface area contributed by atoms with Crippen LogP contribution in [-0.2, 0) is 22.5 Å². The minimum absolute atomic E-state index is 0.0146. The van der Waals surface area contributed by atoms with E-state index in [1.807, 2.05) is 38.1 Å². The number of hydrogen-bond acceptors (Lipinski definition) is 3. The van der Waals surface area contributed by atoms with Crippen LogP contribution < -0.4 is 4.74 Å². The van der Waals surface area contributed by atoms with E-state index in [0.29, 0.717) is 17.5 Å². The zero-order valence-electron chi connectivity index (χ0n) is 22.1. The number of esters is 1. The zero-order chi connectivity index (χ0) is 24.8. The first-order valence-electron chi connectivity index (χ1n) is 13.1. The van der Waals surface area contributed by atoms with Crippen LogP contribution in [0.1, 0.15) is 76.8 Å². The van der Waals surface area contributed by atoms with E-state index in [1.54, 1.807) is 0 Å². The minimum Gasteiger partial charge on any atom is -0.491 e. The monoisotopic (exact) mass is 468 g/mol. The molecule has 2 aromatic rings. The van der Waals surface area contributed by atoms with Gasteiger partial charge in [-0.3, -0.25) is 0 Å². The molecule has 0 heterocycles. The molecule has 2 unspecified atom stereocenters. The molecule has 0 aliphatic heterocycles. The number of hydrogen-bond donors (Lipinski definition) is 0. The maximum Gasteiger partial charge on any atom is 0.364 e. The Hall–Kier alpha value is -2.33. The van der Waals surface area contributed by atoms with Gasteiger partial charge >= 0.3 is 5.97 Å². The molecule has 34 heavy (non-hydrogen) atoms. The van der Waals surface area contributed by atoms with Gasteiger partial charge in [0.05, 0.1) is 26.8 Å². The van der Waals surface area contributed by atoms with Crippen molar-refractivity contribution in [1.29, 1.82) is 0 Å². The van der Waals surface area contributed by atoms with Crippen molar-refractivity contribution in [1.82, 2.24) is 0 Å². The van der Waals surface area contributed by atoms with Crippen molar-refractivity contribution in [3.05, 3.63) is 65.7 Å². The number of aryl methyl sites for hydroxylation is 1. The number of ether oxygens (including phenoxy) is 2. The van der Waals surface area contributed by atoms with Crippen LogP contribution >= 0.6 is 0 Å². The summed E-state index contributed by atoms with van der Waals surface area (Å²) in [5, 5.41) is 0. The van der Waals surface area contributed by atoms with E-state index in [1.165, 1.54) is 49.7 Å². The molecule has 2 atom stereocenters. The molecule has 0 spiro atoms. The predicted octanol–water partition coefficient (Wildman–Crippen LogP) is 6.96. The Morgan fingerprint density at radius 3 is 2.29 bits per heavy atom. The molecule has 2 rings (SSSR count). The molecule has 0 aliphatic carbocycles. The number of likely N-dealkylation sites (N-methyl/N-ethyl adjacent to an activating group) is 1. The van der Waals surface area contributed by atoms with Crippen LogP contribution in [0.15, 0.2) is 54.6 Å². The molecular formula is C30H46NO3+. The molecule has 0 bridgehead atoms. The van der Waals surface area contributed by atoms with Crippen LogP contribution in [0.2, 0.25) is 0 Å². The Labute approximate surface area is 207 Å². The summed E-state index contributed by atoms with van der Waals surface area (Å²) in [6.45, 7) is 7.39. The van der Waals surface area contributed by atoms with Gasteiger partial charge in [0.2, 0.25) is 0 Å². The second-order valence-corrected chi connectivity index (χ2v) is 10.1. The molecule has 2 aromatic carbocycles. The third-order valence-corrected chi connectivity index (χ3v) is 6.65. The van der Waals surface area contributed by atoms with Gasteiger partial charge in [0.1, 0.15) is 12.3 Å². The smallest absolute Gasteiger partial charge is 0.364 e. The lowest BCUT2D eigenvalue weighted by molar-refractivity contribution is -0.917. The zero-order valence-corrected chi connectivity index (χ0v) is 22.1. The van der Waals surface area contributed by atoms with Gasteiger partial charge in [0.25, 0.3) is 0 Å². The summed E-state index contributed by atoms with van der Waals surface area (Å²) < 4.78 is 12.3. The van der Waals surface area contributed by atoms with Gasteiger partial charge in [-0.05, 0) is 44.4 Å². The summed E-state index contributed by atoms with van der Waals surface area (Å²) in [6.07, 6.45) is 9.61. The highest BCUT2D eigenvalue weighted by Gasteiger charge is 2.32. The van der Waals surface area contributed by atoms with Gasteiger partial charge < -0.3 is 14.0 Å². The van der Waals surface area contributed by atoms with Crippen molar-refractivity contribution in [2.45, 2.75) is 90.8 Å². The molecule has 4 heteroatoms. The van der Waals surface area contributed by atoms with E-state index in [2.05, 4.69) is 51.4 Å². The fourth-order valence-corrected chi connectivity index (χ4v) is 4.10. The fourth-order valence-electron chi connectivity index (χ4n) is 4.10. The molecule has 0 saturated carbocycles. The molecule has 0 saturated heterocycles. The van der Waals surface area contributed by atoms with Crippen LogP contribution in [-0.4, -0.2) is 43.3 Å². The second-order valence-electron chi connectivity index (χ2n) is 10.1. The van der Waals surface area contributed by atoms with Crippen molar-refractivity contribution in [3.8, 4) is 5.75 Å². The Balaban J connectivity index is 1.71. The van der Waals surface area contributed by atoms with Crippen molar-refractivity contribution < 1.29 is 18.8 Å². The van der Waals surface area contributed by atoms with Gasteiger partial charge in [-0.25, -0.2) is 4.79 Å². The summed E-state index contributed by atoms with van der Waals surface area (Å²) >= 11 is 0. The summed E-state index contributed by atoms with van der Waals surface area (Å²) in [5.74, 6) is 0.741. The maximum absolute atomic E-state index is 12.7. The molecule has 0 amide bonds. The lowest BCUT2D eigenvalue weighted by Crippen LogP contribution is -2.51. The van der Waals surface area contributed by atoms with Crippen LogP contribution in [0.4, 0.5) is 0 Å². The third-order valence-electron chi connectivity index (χ3n) is 6.65. The third kappa shape index (κ3) is 10.3. The molecule has 0 aliphatic rings. The molecule has 4 nitrogen and oxygen atoms in total. The number of carbonyl (C=O) groups is 1. The van der Waals surface area contributed by atoms with Gasteiger partial charge in [-0.15, -0.1) is 0 Å². The normalized spacial score (nSPS) is 13.3. The summed E-state index contributed by atoms with van der Waals surface area (Å²) in [5.41, 5.74) is 2.55. The van der Waals surface area contributed by atoms with Crippen molar-refractivity contribution >= 4 is 5.97 Å². The predicted molar refractivity (Wildman–Crippen MR) is 141 cm³/mol. The first-order valence-corrected chi connectivity index (χ1v) is 13.1. The summed E-state index contributed by atoms with van der Waals surface area (Å²) in [6, 6.07) is 18.4. The summed E-state index contributed by atoms with van der Waals surface area (Å²) in [4.78, 5) is 12.7. The van der Waals surface area contributed by atoms with Crippen LogP contribution in [0.5, 0.6) is 5.75 Å². The number of nitrogens with zero attached hydrogens (tertiary/aromatic N) is 1. The van der Waals surface area contributed by atoms with E-state index >= 15 is 0 Å². The molecule has 0 fully saturated rings. The molecule has 0 aromatic heterocycles. The quantitative estimate of drug-likeness (QED) is 0.152. The van der Waals surface area contributed by atoms with E-state index in [-0.39, 0.29) is 18.1 Å². The highest BCUT2D eigenvalue weighted by atomic mass is 16.5. The molecular weight excluding hydrogens is 422 g/mol. The first-order chi connectivity index (χ1) is 16.3. The highest BCUT2D eigenvalue weighted by Crippen LogP contribution is 2.19. The van der Waals surface area contributed by atoms with Gasteiger partial charge in [-0.2, -0.15) is 0 Å². The second kappa shape index (κ2) is 14.8. The minimum atomic E-state index is -0.241. The Morgan fingerprint density at radius 2 is 1.56 bits per heavy atom. The largest absolute Gasteiger partial charge is 0.491 e. The Morgan fingerprint density at radius 1 is 0.882 bits per heavy atom. The lowest BCUT2D eigenvalue weighted by atomic mass is 10.0. The Bertz CT molecular complexity index is 834. The molecule has 0 N–H and O–H groups in total. The van der Waals surface area contributed by atoms with E-state index < -0.39 is 0 Å². The lowest BCUT2D eigenvalue weighted by Gasteiger charge is -2.34. The number of carbonyl (C=O) groups excluding carboxylic acids is 1. The van der Waals surface area contributed by atoms with Crippen molar-refractivity contribution in [3.63, 3.8) is 0 Å². The number of quaternary nitrogens is 1. The van der Waals surface area contributed by atoms with Crippen LogP contribution in [0.25, 0.3) is 0 Å². The van der Waals surface area contributed by atoms with E-state index in [4.69, 9.17) is 9.47 Å². The van der Waals surface area contributed by atoms with Crippen LogP contribution in [0.3, 0.4) is 0 Å². The molecule has 0 radical (unpaired) electrons. The van der Waals surface area contributed by atoms with Crippen LogP contribution in [0, 0.1) is 0 Å². The molecule has 188 valence electrons. The first kappa shape index (κ1) is 27.9. The maximum atomic E-state index is 12.7. The van der Waals surface area contributed by atoms with Crippen molar-refractivity contribution in [2.75, 3.05) is 20.7 Å². The van der Waals surface area contributed by atoms with Gasteiger partial charge in [0, 0.05) is 12.0 Å². The summed E-state index contributed by atoms with van der Waals surface area (Å²) in [7, 11) is 4.14. The van der Waals surface area contributed by atoms with Crippen molar-refractivity contribution in [2.24, 2.45) is 0 Å². The standard InChI is InChI=1S/C30H46NO3/c1-6-7-8-9-10-12-16-27-19-15-20-29(23-27)34-25(2)21-22-33-30(32)26(3)31(4,5)24-28-17-13-11-14-18-28/h11,13-15,17-20,23,25-26H,6-10,12,16,21-22,24H2,1-5H3/q+1. The fraction of sp³-hybridized carbons (Fsp3) is 0.567. The number of rotatable bonds is 16. The average Bonchev–Trinajstić information content (AvgIpc) is 2.81. The highest BCUT2D eigenvalue weighted by molar-refractivity contribution is 5.74. The average molecular weight is 469 g/mol. The van der Waals surface area contributed by atoms with E-state index in [9.17, 15) is 4.79 Å². The van der Waals surface area contributed by atoms with Gasteiger partial charge in [-0.1, -0.05) is 81.5 Å². The Kier molecular flexibility index (Phi) is 12.2. The van der Waals surface area contributed by atoms with Gasteiger partial charge in [0.15, 0.2) is 6.04 Å².